The van der Waals surface area contributed by atoms with E-state index in [1.807, 2.05) is 0 Å². The summed E-state index contributed by atoms with van der Waals surface area (Å²) >= 11 is 0. The Balaban J connectivity index is 2.79. The quantitative estimate of drug-likeness (QED) is 0.552. The van der Waals surface area contributed by atoms with Gasteiger partial charge >= 0.3 is 0 Å². The monoisotopic (exact) mass is 226 g/mol. The van der Waals surface area contributed by atoms with E-state index in [4.69, 9.17) is 0 Å². The highest BCUT2D eigenvalue weighted by molar-refractivity contribution is 5.25. The van der Waals surface area contributed by atoms with E-state index in [0.29, 0.717) is 0 Å². The summed E-state index contributed by atoms with van der Waals surface area (Å²) in [6.45, 7) is 2.61. The van der Waals surface area contributed by atoms with Crippen molar-refractivity contribution < 1.29 is 20.4 Å². The Morgan fingerprint density at radius 3 is 1.56 bits per heavy atom. The van der Waals surface area contributed by atoms with Gasteiger partial charge in [-0.3, -0.25) is 0 Å². The Morgan fingerprint density at radius 2 is 1.25 bits per heavy atom. The second-order valence-electron chi connectivity index (χ2n) is 4.61. The largest absolute Gasteiger partial charge is 0.366 e. The van der Waals surface area contributed by atoms with Gasteiger partial charge in [-0.1, -0.05) is 24.3 Å². The van der Waals surface area contributed by atoms with Gasteiger partial charge in [0.05, 0.1) is 0 Å². The van der Waals surface area contributed by atoms with E-state index in [1.54, 1.807) is 24.3 Å². The van der Waals surface area contributed by atoms with Crippen molar-refractivity contribution in [1.82, 2.24) is 0 Å². The predicted molar refractivity (Wildman–Crippen MR) is 59.5 cm³/mol. The van der Waals surface area contributed by atoms with E-state index in [1.165, 1.54) is 13.8 Å². The van der Waals surface area contributed by atoms with Crippen molar-refractivity contribution in [3.8, 4) is 0 Å². The highest BCUT2D eigenvalue weighted by Gasteiger charge is 2.18. The smallest absolute Gasteiger partial charge is 0.163 e. The standard InChI is InChI=1S/C12H18O4/c1-11(13,14)7-9-4-3-5-10(6-9)8-12(2,15)16/h3-6,13-16H,7-8H2,1-2H3. The van der Waals surface area contributed by atoms with Crippen molar-refractivity contribution in [2.75, 3.05) is 0 Å². The van der Waals surface area contributed by atoms with Gasteiger partial charge in [0.2, 0.25) is 0 Å². The molecule has 0 spiro atoms. The molecule has 0 radical (unpaired) electrons. The molecule has 4 nitrogen and oxygen atoms in total. The highest BCUT2D eigenvalue weighted by atomic mass is 16.5. The third kappa shape index (κ3) is 5.23. The molecule has 0 bridgehead atoms. The van der Waals surface area contributed by atoms with Gasteiger partial charge in [0, 0.05) is 12.8 Å². The maximum absolute atomic E-state index is 9.25. The lowest BCUT2D eigenvalue weighted by Crippen LogP contribution is -2.27. The summed E-state index contributed by atoms with van der Waals surface area (Å²) < 4.78 is 0. The van der Waals surface area contributed by atoms with Crippen LogP contribution in [0, 0.1) is 0 Å². The van der Waals surface area contributed by atoms with Crippen LogP contribution in [0.2, 0.25) is 0 Å². The molecule has 0 heterocycles. The van der Waals surface area contributed by atoms with Crippen LogP contribution in [0.1, 0.15) is 25.0 Å². The van der Waals surface area contributed by atoms with Crippen LogP contribution in [0.4, 0.5) is 0 Å². The minimum atomic E-state index is -1.75. The molecule has 0 aliphatic heterocycles. The van der Waals surface area contributed by atoms with Crippen molar-refractivity contribution >= 4 is 0 Å². The summed E-state index contributed by atoms with van der Waals surface area (Å²) in [5.74, 6) is -3.50. The minimum Gasteiger partial charge on any atom is -0.366 e. The minimum absolute atomic E-state index is 0.106. The molecule has 1 aromatic carbocycles. The molecule has 0 amide bonds. The Labute approximate surface area is 94.8 Å². The SMILES string of the molecule is CC(O)(O)Cc1cccc(CC(C)(O)O)c1. The van der Waals surface area contributed by atoms with Gasteiger partial charge in [0.15, 0.2) is 11.6 Å². The van der Waals surface area contributed by atoms with Gasteiger partial charge in [-0.15, -0.1) is 0 Å². The van der Waals surface area contributed by atoms with Crippen LogP contribution in [0.25, 0.3) is 0 Å². The topological polar surface area (TPSA) is 80.9 Å². The summed E-state index contributed by atoms with van der Waals surface area (Å²) in [6.07, 6.45) is 0.211. The molecule has 0 saturated carbocycles. The summed E-state index contributed by atoms with van der Waals surface area (Å²) in [6, 6.07) is 7.01. The average molecular weight is 226 g/mol. The molecule has 4 N–H and O–H groups in total. The Hall–Kier alpha value is -0.940. The van der Waals surface area contributed by atoms with Crippen LogP contribution in [-0.4, -0.2) is 32.0 Å². The fourth-order valence-electron chi connectivity index (χ4n) is 1.62. The first kappa shape index (κ1) is 13.1. The molecule has 0 fully saturated rings. The van der Waals surface area contributed by atoms with Crippen molar-refractivity contribution in [2.24, 2.45) is 0 Å². The van der Waals surface area contributed by atoms with Gasteiger partial charge in [-0.25, -0.2) is 0 Å². The second kappa shape index (κ2) is 4.51. The van der Waals surface area contributed by atoms with E-state index in [0.717, 1.165) is 11.1 Å². The molecular formula is C12H18O4. The zero-order chi connectivity index (χ0) is 12.4. The summed E-state index contributed by atoms with van der Waals surface area (Å²) in [4.78, 5) is 0. The zero-order valence-corrected chi connectivity index (χ0v) is 9.51. The van der Waals surface area contributed by atoms with Crippen molar-refractivity contribution in [1.29, 1.82) is 0 Å². The van der Waals surface area contributed by atoms with Crippen molar-refractivity contribution in [3.05, 3.63) is 35.4 Å². The van der Waals surface area contributed by atoms with Gasteiger partial charge in [0.25, 0.3) is 0 Å². The number of benzene rings is 1. The maximum Gasteiger partial charge on any atom is 0.163 e. The number of aliphatic hydroxyl groups is 4. The first-order valence-electron chi connectivity index (χ1n) is 5.13. The molecule has 0 unspecified atom stereocenters. The zero-order valence-electron chi connectivity index (χ0n) is 9.51. The van der Waals surface area contributed by atoms with Crippen LogP contribution in [0.15, 0.2) is 24.3 Å². The second-order valence-corrected chi connectivity index (χ2v) is 4.61. The first-order chi connectivity index (χ1) is 7.16. The fraction of sp³-hybridized carbons (Fsp3) is 0.500. The highest BCUT2D eigenvalue weighted by Crippen LogP contribution is 2.15. The van der Waals surface area contributed by atoms with Crippen molar-refractivity contribution in [3.63, 3.8) is 0 Å². The molecule has 1 rings (SSSR count). The van der Waals surface area contributed by atoms with Crippen molar-refractivity contribution in [2.45, 2.75) is 38.3 Å². The molecule has 16 heavy (non-hydrogen) atoms. The van der Waals surface area contributed by atoms with Gasteiger partial charge < -0.3 is 20.4 Å². The van der Waals surface area contributed by atoms with E-state index in [2.05, 4.69) is 0 Å². The lowest BCUT2D eigenvalue weighted by Gasteiger charge is -2.18. The van der Waals surface area contributed by atoms with Crippen LogP contribution in [0.3, 0.4) is 0 Å². The molecule has 0 aliphatic rings. The fourth-order valence-corrected chi connectivity index (χ4v) is 1.62. The summed E-state index contributed by atoms with van der Waals surface area (Å²) in [7, 11) is 0. The summed E-state index contributed by atoms with van der Waals surface area (Å²) in [5, 5.41) is 37.0. The molecule has 0 atom stereocenters. The molecule has 90 valence electrons. The molecular weight excluding hydrogens is 208 g/mol. The lowest BCUT2D eigenvalue weighted by molar-refractivity contribution is -0.142. The maximum atomic E-state index is 9.25. The molecule has 1 aromatic rings. The average Bonchev–Trinajstić information content (AvgIpc) is 1.96. The Kier molecular flexibility index (Phi) is 3.70. The number of rotatable bonds is 4. The van der Waals surface area contributed by atoms with E-state index < -0.39 is 11.6 Å². The van der Waals surface area contributed by atoms with Crippen LogP contribution in [0.5, 0.6) is 0 Å². The third-order valence-electron chi connectivity index (χ3n) is 2.07. The third-order valence-corrected chi connectivity index (χ3v) is 2.07. The predicted octanol–water partition coefficient (Wildman–Crippen LogP) is 0.173. The normalized spacial score (nSPS) is 12.9. The molecule has 0 aliphatic carbocycles. The van der Waals surface area contributed by atoms with Gasteiger partial charge in [0.1, 0.15) is 0 Å². The molecule has 0 saturated heterocycles. The summed E-state index contributed by atoms with van der Waals surface area (Å²) in [5.41, 5.74) is 1.49. The molecule has 4 heteroatoms. The van der Waals surface area contributed by atoms with Crippen LogP contribution < -0.4 is 0 Å². The Bertz CT molecular complexity index is 316. The van der Waals surface area contributed by atoms with E-state index in [9.17, 15) is 20.4 Å². The van der Waals surface area contributed by atoms with E-state index in [-0.39, 0.29) is 12.8 Å². The van der Waals surface area contributed by atoms with E-state index >= 15 is 0 Å². The van der Waals surface area contributed by atoms with Crippen LogP contribution >= 0.6 is 0 Å². The number of hydrogen-bond acceptors (Lipinski definition) is 4. The Morgan fingerprint density at radius 1 is 0.875 bits per heavy atom. The first-order valence-corrected chi connectivity index (χ1v) is 5.13. The number of hydrogen-bond donors (Lipinski definition) is 4. The van der Waals surface area contributed by atoms with Crippen LogP contribution in [-0.2, 0) is 12.8 Å². The lowest BCUT2D eigenvalue weighted by atomic mass is 10.00. The van der Waals surface area contributed by atoms with Gasteiger partial charge in [-0.05, 0) is 25.0 Å². The van der Waals surface area contributed by atoms with Gasteiger partial charge in [-0.2, -0.15) is 0 Å². The molecule has 0 aromatic heterocycles.